The Balaban J connectivity index is 1.90. The Labute approximate surface area is 161 Å². The molecule has 2 N–H and O–H groups in total. The molecule has 0 bridgehead atoms. The van der Waals surface area contributed by atoms with Crippen LogP contribution in [0.2, 0.25) is 0 Å². The number of quaternary nitrogens is 1. The molecule has 1 amide bonds. The van der Waals surface area contributed by atoms with Gasteiger partial charge in [0, 0.05) is 31.4 Å². The van der Waals surface area contributed by atoms with Gasteiger partial charge < -0.3 is 24.6 Å². The summed E-state index contributed by atoms with van der Waals surface area (Å²) in [5.74, 6) is 1.16. The van der Waals surface area contributed by atoms with E-state index in [0.717, 1.165) is 5.69 Å². The molecule has 0 saturated heterocycles. The molecular weight excluding hydrogens is 342 g/mol. The van der Waals surface area contributed by atoms with E-state index in [0.29, 0.717) is 18.0 Å². The Hall–Kier alpha value is -2.73. The van der Waals surface area contributed by atoms with Gasteiger partial charge in [0.15, 0.2) is 6.61 Å². The summed E-state index contributed by atoms with van der Waals surface area (Å²) in [6.45, 7) is 0.520. The number of benzene rings is 2. The van der Waals surface area contributed by atoms with Gasteiger partial charge in [-0.25, -0.2) is 0 Å². The minimum absolute atomic E-state index is 0.0256. The monoisotopic (exact) mass is 372 g/mol. The Kier molecular flexibility index (Phi) is 7.49. The van der Waals surface area contributed by atoms with Crippen LogP contribution in [0.25, 0.3) is 0 Å². The summed E-state index contributed by atoms with van der Waals surface area (Å²) in [6, 6.07) is 15.8. The highest BCUT2D eigenvalue weighted by molar-refractivity contribution is 5.77. The molecule has 0 heterocycles. The summed E-state index contributed by atoms with van der Waals surface area (Å²) >= 11 is 0. The zero-order valence-electron chi connectivity index (χ0n) is 16.8. The molecule has 0 aliphatic carbocycles. The van der Waals surface area contributed by atoms with Crippen molar-refractivity contribution in [2.45, 2.75) is 6.04 Å². The molecule has 2 aromatic carbocycles. The molecule has 27 heavy (non-hydrogen) atoms. The highest BCUT2D eigenvalue weighted by Gasteiger charge is 2.19. The lowest BCUT2D eigenvalue weighted by atomic mass is 10.1. The fourth-order valence-corrected chi connectivity index (χ4v) is 2.77. The van der Waals surface area contributed by atoms with Crippen molar-refractivity contribution in [3.8, 4) is 11.5 Å². The van der Waals surface area contributed by atoms with Crippen molar-refractivity contribution in [1.29, 1.82) is 0 Å². The molecule has 2 rings (SSSR count). The van der Waals surface area contributed by atoms with Gasteiger partial charge in [-0.15, -0.1) is 0 Å². The molecule has 0 fully saturated rings. The van der Waals surface area contributed by atoms with Crippen molar-refractivity contribution in [2.24, 2.45) is 0 Å². The number of hydrogen-bond donors (Lipinski definition) is 2. The van der Waals surface area contributed by atoms with E-state index in [1.807, 2.05) is 26.2 Å². The number of nitrogens with zero attached hydrogens (tertiary/aromatic N) is 1. The van der Waals surface area contributed by atoms with E-state index in [4.69, 9.17) is 9.47 Å². The van der Waals surface area contributed by atoms with E-state index in [1.54, 1.807) is 19.2 Å². The van der Waals surface area contributed by atoms with Crippen LogP contribution in [0, 0.1) is 0 Å². The van der Waals surface area contributed by atoms with Gasteiger partial charge in [-0.1, -0.05) is 18.2 Å². The van der Waals surface area contributed by atoms with Crippen LogP contribution in [-0.2, 0) is 4.79 Å². The zero-order chi connectivity index (χ0) is 19.8. The second kappa shape index (κ2) is 9.83. The minimum Gasteiger partial charge on any atom is -0.497 e. The van der Waals surface area contributed by atoms with Crippen molar-refractivity contribution in [1.82, 2.24) is 5.32 Å². The fraction of sp³-hybridized carbons (Fsp3) is 0.381. The lowest BCUT2D eigenvalue weighted by molar-refractivity contribution is -0.890. The van der Waals surface area contributed by atoms with Crippen LogP contribution in [0.4, 0.5) is 5.69 Å². The second-order valence-electron chi connectivity index (χ2n) is 6.89. The number of methoxy groups -OCH3 is 1. The van der Waals surface area contributed by atoms with Crippen molar-refractivity contribution in [3.05, 3.63) is 54.1 Å². The summed E-state index contributed by atoms with van der Waals surface area (Å²) in [6.07, 6.45) is 0. The summed E-state index contributed by atoms with van der Waals surface area (Å²) in [7, 11) is 9.81. The maximum absolute atomic E-state index is 12.2. The number of carbonyl (C=O) groups is 1. The third-order valence-electron chi connectivity index (χ3n) is 4.42. The van der Waals surface area contributed by atoms with Gasteiger partial charge in [0.05, 0.1) is 27.7 Å². The van der Waals surface area contributed by atoms with Crippen LogP contribution < -0.4 is 24.6 Å². The standard InChI is InChI=1S/C21H29N3O3/c1-23(2)17-11-9-16(10-12-17)20(24(3)4)14-22-21(25)15-27-19-8-6-7-18(13-19)26-5/h6-13,20H,14-15H2,1-5H3,(H,22,25)/p+1/t20-/m0/s1. The zero-order valence-corrected chi connectivity index (χ0v) is 16.8. The number of nitrogens with one attached hydrogen (secondary N) is 2. The van der Waals surface area contributed by atoms with E-state index in [2.05, 4.69) is 48.6 Å². The van der Waals surface area contributed by atoms with E-state index < -0.39 is 0 Å². The predicted molar refractivity (Wildman–Crippen MR) is 108 cm³/mol. The summed E-state index contributed by atoms with van der Waals surface area (Å²) in [5.41, 5.74) is 2.34. The Morgan fingerprint density at radius 2 is 1.78 bits per heavy atom. The quantitative estimate of drug-likeness (QED) is 0.693. The molecule has 2 aromatic rings. The third-order valence-corrected chi connectivity index (χ3v) is 4.42. The fourth-order valence-electron chi connectivity index (χ4n) is 2.77. The van der Waals surface area contributed by atoms with E-state index >= 15 is 0 Å². The first kappa shape index (κ1) is 20.6. The number of amides is 1. The summed E-state index contributed by atoms with van der Waals surface area (Å²) < 4.78 is 10.7. The van der Waals surface area contributed by atoms with E-state index in [9.17, 15) is 4.79 Å². The molecule has 0 aliphatic rings. The second-order valence-corrected chi connectivity index (χ2v) is 6.89. The molecule has 0 radical (unpaired) electrons. The maximum atomic E-state index is 12.2. The maximum Gasteiger partial charge on any atom is 0.258 e. The molecule has 6 heteroatoms. The Morgan fingerprint density at radius 3 is 2.37 bits per heavy atom. The van der Waals surface area contributed by atoms with Crippen LogP contribution in [0.5, 0.6) is 11.5 Å². The number of hydrogen-bond acceptors (Lipinski definition) is 4. The molecule has 146 valence electrons. The first-order valence-electron chi connectivity index (χ1n) is 9.01. The lowest BCUT2D eigenvalue weighted by Gasteiger charge is -2.23. The number of ether oxygens (including phenoxy) is 2. The number of carbonyl (C=O) groups excluding carboxylic acids is 1. The lowest BCUT2D eigenvalue weighted by Crippen LogP contribution is -3.07. The van der Waals surface area contributed by atoms with Gasteiger partial charge in [0.2, 0.25) is 0 Å². The van der Waals surface area contributed by atoms with Crippen LogP contribution in [0.1, 0.15) is 11.6 Å². The first-order valence-corrected chi connectivity index (χ1v) is 9.01. The van der Waals surface area contributed by atoms with Crippen LogP contribution >= 0.6 is 0 Å². The molecule has 0 spiro atoms. The molecule has 6 nitrogen and oxygen atoms in total. The largest absolute Gasteiger partial charge is 0.497 e. The van der Waals surface area contributed by atoms with Gasteiger partial charge in [-0.2, -0.15) is 0 Å². The molecular formula is C21H30N3O3+. The summed E-state index contributed by atoms with van der Waals surface area (Å²) in [5, 5.41) is 2.97. The molecule has 0 saturated carbocycles. The highest BCUT2D eigenvalue weighted by atomic mass is 16.5. The topological polar surface area (TPSA) is 55.2 Å². The summed E-state index contributed by atoms with van der Waals surface area (Å²) in [4.78, 5) is 15.5. The Bertz CT molecular complexity index is 730. The average molecular weight is 372 g/mol. The number of anilines is 1. The van der Waals surface area contributed by atoms with Gasteiger partial charge >= 0.3 is 0 Å². The van der Waals surface area contributed by atoms with E-state index in [-0.39, 0.29) is 18.6 Å². The van der Waals surface area contributed by atoms with Crippen LogP contribution in [0.3, 0.4) is 0 Å². The normalized spacial score (nSPS) is 11.8. The molecule has 1 atom stereocenters. The van der Waals surface area contributed by atoms with E-state index in [1.165, 1.54) is 10.5 Å². The van der Waals surface area contributed by atoms with Gasteiger partial charge in [0.1, 0.15) is 17.5 Å². The third kappa shape index (κ3) is 6.18. The smallest absolute Gasteiger partial charge is 0.258 e. The average Bonchev–Trinajstić information content (AvgIpc) is 2.66. The van der Waals surface area contributed by atoms with Gasteiger partial charge in [0.25, 0.3) is 5.91 Å². The van der Waals surface area contributed by atoms with Gasteiger partial charge in [-0.3, -0.25) is 4.79 Å². The molecule has 0 aliphatic heterocycles. The van der Waals surface area contributed by atoms with Crippen molar-refractivity contribution in [2.75, 3.05) is 53.4 Å². The van der Waals surface area contributed by atoms with Gasteiger partial charge in [-0.05, 0) is 24.3 Å². The molecule has 0 unspecified atom stereocenters. The van der Waals surface area contributed by atoms with Crippen LogP contribution in [-0.4, -0.2) is 54.4 Å². The first-order chi connectivity index (χ1) is 12.9. The van der Waals surface area contributed by atoms with Crippen molar-refractivity contribution >= 4 is 11.6 Å². The van der Waals surface area contributed by atoms with Crippen molar-refractivity contribution < 1.29 is 19.2 Å². The predicted octanol–water partition coefficient (Wildman–Crippen LogP) is 1.14. The Morgan fingerprint density at radius 1 is 1.11 bits per heavy atom. The minimum atomic E-state index is -0.144. The SMILES string of the molecule is COc1cccc(OCC(=O)NC[C@@H](c2ccc(N(C)C)cc2)[NH+](C)C)c1. The highest BCUT2D eigenvalue weighted by Crippen LogP contribution is 2.19. The van der Waals surface area contributed by atoms with Crippen molar-refractivity contribution in [3.63, 3.8) is 0 Å². The number of rotatable bonds is 9. The number of likely N-dealkylation sites (N-methyl/N-ethyl adjacent to an activating group) is 1. The molecule has 0 aromatic heterocycles. The van der Waals surface area contributed by atoms with Crippen LogP contribution in [0.15, 0.2) is 48.5 Å².